The first-order valence-electron chi connectivity index (χ1n) is 22.3. The zero-order valence-electron chi connectivity index (χ0n) is 36.7. The molecule has 3 aliphatic heterocycles. The first-order valence-corrected chi connectivity index (χ1v) is 23.8. The Morgan fingerprint density at radius 1 is 0.955 bits per heavy atom. The smallest absolute Gasteiger partial charge is 0.407 e. The minimum absolute atomic E-state index is 0.00390. The molecular weight excluding hydrogens is 869 g/mol. The fourth-order valence-corrected chi connectivity index (χ4v) is 10.1. The van der Waals surface area contributed by atoms with Crippen molar-refractivity contribution in [2.24, 2.45) is 5.92 Å². The van der Waals surface area contributed by atoms with E-state index in [0.29, 0.717) is 79.8 Å². The Kier molecular flexibility index (Phi) is 13.9. The highest BCUT2D eigenvalue weighted by atomic mass is 32.2. The number of rotatable bonds is 7. The number of hydrogen-bond donors (Lipinski definition) is 4. The van der Waals surface area contributed by atoms with E-state index in [1.165, 1.54) is 29.2 Å². The van der Waals surface area contributed by atoms with Crippen LogP contribution in [-0.2, 0) is 38.7 Å². The zero-order valence-corrected chi connectivity index (χ0v) is 37.5. The lowest BCUT2D eigenvalue weighted by atomic mass is 10.0. The minimum Gasteiger partial charge on any atom is -0.497 e. The molecule has 1 aliphatic carbocycles. The average molecular weight is 923 g/mol. The molecule has 0 bridgehead atoms. The summed E-state index contributed by atoms with van der Waals surface area (Å²) < 4.78 is 53.2. The molecule has 8 rings (SSSR count). The highest BCUT2D eigenvalue weighted by molar-refractivity contribution is 7.90. The quantitative estimate of drug-likeness (QED) is 0.172. The number of amides is 5. The third kappa shape index (κ3) is 10.4. The van der Waals surface area contributed by atoms with Crippen molar-refractivity contribution in [3.63, 3.8) is 0 Å². The first-order chi connectivity index (χ1) is 31.8. The second-order valence-corrected chi connectivity index (χ2v) is 18.8. The molecule has 18 heteroatoms. The van der Waals surface area contributed by atoms with E-state index in [1.807, 2.05) is 42.5 Å². The number of methoxy groups -OCH3 is 1. The molecule has 4 aliphatic rings. The summed E-state index contributed by atoms with van der Waals surface area (Å²) in [5, 5.41) is 9.04. The monoisotopic (exact) mass is 922 g/mol. The number of ether oxygens (including phenoxy) is 4. The Morgan fingerprint density at radius 3 is 2.48 bits per heavy atom. The molecule has 5 atom stereocenters. The van der Waals surface area contributed by atoms with E-state index in [0.717, 1.165) is 5.56 Å². The maximum absolute atomic E-state index is 14.7. The summed E-state index contributed by atoms with van der Waals surface area (Å²) in [6.07, 6.45) is 2.52. The predicted molar refractivity (Wildman–Crippen MR) is 243 cm³/mol. The molecule has 17 nitrogen and oxygen atoms in total. The van der Waals surface area contributed by atoms with E-state index < -0.39 is 69.4 Å². The van der Waals surface area contributed by atoms with Gasteiger partial charge in [0.05, 0.1) is 43.8 Å². The summed E-state index contributed by atoms with van der Waals surface area (Å²) in [6, 6.07) is 20.6. The number of carbonyl (C=O) groups is 5. The number of pyridine rings is 1. The van der Waals surface area contributed by atoms with Gasteiger partial charge in [0.2, 0.25) is 17.7 Å². The van der Waals surface area contributed by atoms with Gasteiger partial charge in [0.1, 0.15) is 40.2 Å². The van der Waals surface area contributed by atoms with Crippen LogP contribution >= 0.6 is 0 Å². The number of benzene rings is 3. The Balaban J connectivity index is 1.12. The van der Waals surface area contributed by atoms with Crippen LogP contribution in [0.2, 0.25) is 0 Å². The number of para-hydroxylation sites is 1. The Labute approximate surface area is 383 Å². The van der Waals surface area contributed by atoms with Gasteiger partial charge in [-0.3, -0.25) is 19.2 Å². The Morgan fingerprint density at radius 2 is 1.73 bits per heavy atom. The van der Waals surface area contributed by atoms with Crippen LogP contribution in [-0.4, -0.2) is 105 Å². The molecule has 3 fully saturated rings. The molecule has 5 amide bonds. The molecule has 348 valence electrons. The number of fused-ring (bicyclic) bond motifs is 3. The van der Waals surface area contributed by atoms with Gasteiger partial charge in [-0.25, -0.2) is 22.9 Å². The van der Waals surface area contributed by atoms with Gasteiger partial charge in [0.25, 0.3) is 15.9 Å². The number of anilines is 1. The van der Waals surface area contributed by atoms with Crippen molar-refractivity contribution in [2.45, 2.75) is 98.9 Å². The van der Waals surface area contributed by atoms with Gasteiger partial charge in [-0.2, -0.15) is 0 Å². The molecule has 1 spiro atoms. The largest absolute Gasteiger partial charge is 0.497 e. The lowest BCUT2D eigenvalue weighted by Crippen LogP contribution is -2.56. The van der Waals surface area contributed by atoms with Crippen LogP contribution in [0.25, 0.3) is 22.2 Å². The maximum atomic E-state index is 14.7. The number of aromatic nitrogens is 1. The van der Waals surface area contributed by atoms with Crippen molar-refractivity contribution in [2.75, 3.05) is 32.2 Å². The summed E-state index contributed by atoms with van der Waals surface area (Å²) >= 11 is 0. The summed E-state index contributed by atoms with van der Waals surface area (Å²) in [6.45, 7) is 4.71. The van der Waals surface area contributed by atoms with Crippen LogP contribution in [0.15, 0.2) is 96.4 Å². The lowest BCUT2D eigenvalue weighted by molar-refractivity contribution is -0.140. The van der Waals surface area contributed by atoms with E-state index in [-0.39, 0.29) is 48.9 Å². The number of sulfonamides is 1. The van der Waals surface area contributed by atoms with Crippen molar-refractivity contribution in [3.8, 4) is 22.8 Å². The first kappa shape index (κ1) is 46.0. The average Bonchev–Trinajstić information content (AvgIpc) is 3.87. The van der Waals surface area contributed by atoms with Crippen molar-refractivity contribution in [1.29, 1.82) is 0 Å². The molecule has 1 aromatic heterocycles. The zero-order chi connectivity index (χ0) is 46.4. The molecule has 4 aromatic rings. The van der Waals surface area contributed by atoms with Gasteiger partial charge in [0, 0.05) is 67.1 Å². The SMILES string of the molecule is C=C[C@H]1C[C@]12NC(=O)[C@@H]1C[C@@H](Oc3cc(-c4ccccc4)nc4cc(OC)ccc34)CN1C(=O)CC(NC(=O)OC1CCOCC1)CCCCCC(=O)Nc1ccccc1S(=O)(=O)NC2=O. The Hall–Kier alpha value is -6.53. The highest BCUT2D eigenvalue weighted by Gasteiger charge is 2.61. The molecule has 1 saturated carbocycles. The van der Waals surface area contributed by atoms with Crippen LogP contribution < -0.4 is 30.1 Å². The maximum Gasteiger partial charge on any atom is 0.407 e. The van der Waals surface area contributed by atoms with E-state index in [2.05, 4.69) is 27.3 Å². The molecule has 3 aromatic carbocycles. The van der Waals surface area contributed by atoms with Crippen LogP contribution in [0, 0.1) is 5.92 Å². The van der Waals surface area contributed by atoms with E-state index in [4.69, 9.17) is 23.9 Å². The van der Waals surface area contributed by atoms with Gasteiger partial charge in [0.15, 0.2) is 0 Å². The van der Waals surface area contributed by atoms with Crippen LogP contribution in [0.3, 0.4) is 0 Å². The van der Waals surface area contributed by atoms with E-state index in [9.17, 15) is 32.4 Å². The van der Waals surface area contributed by atoms with Gasteiger partial charge in [-0.15, -0.1) is 6.58 Å². The predicted octanol–water partition coefficient (Wildman–Crippen LogP) is 5.39. The summed E-state index contributed by atoms with van der Waals surface area (Å²) in [7, 11) is -3.01. The second kappa shape index (κ2) is 19.9. The number of hydrogen-bond acceptors (Lipinski definition) is 12. The third-order valence-electron chi connectivity index (χ3n) is 12.6. The fraction of sp³-hybridized carbons (Fsp3) is 0.417. The van der Waals surface area contributed by atoms with Crippen molar-refractivity contribution < 1.29 is 51.3 Å². The molecule has 4 N–H and O–H groups in total. The van der Waals surface area contributed by atoms with Gasteiger partial charge < -0.3 is 39.8 Å². The van der Waals surface area contributed by atoms with E-state index >= 15 is 0 Å². The normalized spacial score (nSPS) is 25.3. The number of alkyl carbamates (subject to hydrolysis) is 1. The lowest BCUT2D eigenvalue weighted by Gasteiger charge is -2.28. The van der Waals surface area contributed by atoms with Crippen molar-refractivity contribution in [1.82, 2.24) is 25.2 Å². The van der Waals surface area contributed by atoms with Gasteiger partial charge >= 0.3 is 6.09 Å². The third-order valence-corrected chi connectivity index (χ3v) is 14.0. The topological polar surface area (TPSA) is 221 Å². The van der Waals surface area contributed by atoms with Crippen molar-refractivity contribution >= 4 is 56.3 Å². The second-order valence-electron chi connectivity index (χ2n) is 17.1. The molecule has 1 unspecified atom stereocenters. The van der Waals surface area contributed by atoms with Gasteiger partial charge in [-0.05, 0) is 43.5 Å². The number of nitrogens with zero attached hydrogens (tertiary/aromatic N) is 2. The molecule has 0 radical (unpaired) electrons. The highest BCUT2D eigenvalue weighted by Crippen LogP contribution is 2.45. The van der Waals surface area contributed by atoms with Crippen LogP contribution in [0.4, 0.5) is 10.5 Å². The van der Waals surface area contributed by atoms with Crippen LogP contribution in [0.5, 0.6) is 11.5 Å². The number of carbonyl (C=O) groups excluding carboxylic acids is 5. The Bertz CT molecular complexity index is 2610. The standard InChI is InChI=1S/C48H54N6O11S/c1-3-31-28-48(31)46(58)53-66(60,61)42-16-11-10-15-37(42)51-43(55)17-9-5-8-14-32(49-47(59)65-33-20-22-63-23-21-33)24-44(56)54-29-35(26-40(54)45(57)52-48)64-41-27-38(30-12-6-4-7-13-30)50-39-25-34(62-2)18-19-36(39)41/h3-4,6-7,10-13,15-16,18-19,25,27,31-33,35,40H,1,5,8-9,14,17,20-24,26,28-29H2,2H3,(H,49,59)(H,51,55)(H,52,57)(H,53,58)/t31-,32?,35+,40-,48-/m0/s1. The molecule has 4 heterocycles. The van der Waals surface area contributed by atoms with Crippen LogP contribution in [0.1, 0.15) is 64.2 Å². The van der Waals surface area contributed by atoms with Crippen molar-refractivity contribution in [3.05, 3.63) is 91.5 Å². The van der Waals surface area contributed by atoms with E-state index in [1.54, 1.807) is 25.3 Å². The van der Waals surface area contributed by atoms with Gasteiger partial charge in [-0.1, -0.05) is 61.4 Å². The molecular formula is C48H54N6O11S. The number of nitrogens with one attached hydrogen (secondary N) is 4. The summed E-state index contributed by atoms with van der Waals surface area (Å²) in [4.78, 5) is 75.8. The summed E-state index contributed by atoms with van der Waals surface area (Å²) in [5.74, 6) is -2.20. The minimum atomic E-state index is -4.57. The molecule has 2 saturated heterocycles. The molecule has 66 heavy (non-hydrogen) atoms. The fourth-order valence-electron chi connectivity index (χ4n) is 8.92. The summed E-state index contributed by atoms with van der Waals surface area (Å²) in [5.41, 5.74) is 0.320.